The van der Waals surface area contributed by atoms with Crippen LogP contribution in [0.25, 0.3) is 0 Å². The smallest absolute Gasteiger partial charge is 0.271 e. The quantitative estimate of drug-likeness (QED) is 0.493. The van der Waals surface area contributed by atoms with Crippen LogP contribution in [0.4, 0.5) is 5.69 Å². The van der Waals surface area contributed by atoms with Gasteiger partial charge < -0.3 is 15.4 Å². The summed E-state index contributed by atoms with van der Waals surface area (Å²) < 4.78 is 5.35. The van der Waals surface area contributed by atoms with Crippen LogP contribution in [0.1, 0.15) is 42.0 Å². The zero-order valence-corrected chi connectivity index (χ0v) is 15.7. The summed E-state index contributed by atoms with van der Waals surface area (Å²) in [5.41, 5.74) is 2.90. The lowest BCUT2D eigenvalue weighted by Crippen LogP contribution is -2.26. The Balaban J connectivity index is 0.000000350. The van der Waals surface area contributed by atoms with Crippen LogP contribution in [0.2, 0.25) is 0 Å². The molecule has 2 aromatic heterocycles. The minimum atomic E-state index is -0.304. The number of carbonyl (C=O) groups is 2. The molecule has 8 heteroatoms. The zero-order valence-electron chi connectivity index (χ0n) is 15.7. The highest BCUT2D eigenvalue weighted by Crippen LogP contribution is 2.09. The number of hydrogen-bond donors (Lipinski definition) is 3. The van der Waals surface area contributed by atoms with Crippen molar-refractivity contribution in [1.82, 2.24) is 20.5 Å². The Morgan fingerprint density at radius 2 is 2.08 bits per heavy atom. The van der Waals surface area contributed by atoms with Gasteiger partial charge in [0.1, 0.15) is 5.69 Å². The van der Waals surface area contributed by atoms with E-state index in [1.165, 1.54) is 11.8 Å². The van der Waals surface area contributed by atoms with Crippen LogP contribution in [0.15, 0.2) is 24.5 Å². The monoisotopic (exact) mass is 361 g/mol. The van der Waals surface area contributed by atoms with Gasteiger partial charge in [0.2, 0.25) is 6.41 Å². The Labute approximate surface area is 153 Å². The van der Waals surface area contributed by atoms with E-state index >= 15 is 0 Å². The van der Waals surface area contributed by atoms with E-state index in [2.05, 4.69) is 31.9 Å². The number of nitrogens with zero attached hydrogens (tertiary/aromatic N) is 2. The number of anilines is 1. The molecule has 3 N–H and O–H groups in total. The van der Waals surface area contributed by atoms with E-state index in [9.17, 15) is 9.59 Å². The maximum Gasteiger partial charge on any atom is 0.271 e. The van der Waals surface area contributed by atoms with Crippen LogP contribution >= 0.6 is 0 Å². The molecule has 142 valence electrons. The lowest BCUT2D eigenvalue weighted by Gasteiger charge is -2.08. The fourth-order valence-electron chi connectivity index (χ4n) is 1.86. The molecule has 26 heavy (non-hydrogen) atoms. The molecule has 2 rings (SSSR count). The maximum atomic E-state index is 11.7. The Bertz CT molecular complexity index is 647. The van der Waals surface area contributed by atoms with Gasteiger partial charge in [0.05, 0.1) is 18.0 Å². The minimum absolute atomic E-state index is 0.191. The van der Waals surface area contributed by atoms with Gasteiger partial charge >= 0.3 is 0 Å². The Morgan fingerprint density at radius 1 is 1.31 bits per heavy atom. The van der Waals surface area contributed by atoms with Crippen molar-refractivity contribution in [2.45, 2.75) is 40.2 Å². The summed E-state index contributed by atoms with van der Waals surface area (Å²) in [6.45, 7) is 9.04. The lowest BCUT2D eigenvalue weighted by atomic mass is 10.3. The molecule has 2 amide bonds. The maximum absolute atomic E-state index is 11.7. The minimum Gasteiger partial charge on any atom is -0.379 e. The van der Waals surface area contributed by atoms with Gasteiger partial charge in [-0.15, -0.1) is 0 Å². The molecule has 0 saturated carbocycles. The summed E-state index contributed by atoms with van der Waals surface area (Å²) in [6, 6.07) is 4.07. The molecule has 0 bridgehead atoms. The van der Waals surface area contributed by atoms with Gasteiger partial charge in [-0.1, -0.05) is 6.07 Å². The number of H-pyrrole nitrogens is 1. The van der Waals surface area contributed by atoms with Crippen LogP contribution in [0.3, 0.4) is 0 Å². The number of carbonyl (C=O) groups excluding carboxylic acids is 2. The molecule has 2 heterocycles. The number of pyridine rings is 1. The third-order valence-corrected chi connectivity index (χ3v) is 3.20. The molecule has 0 spiro atoms. The summed E-state index contributed by atoms with van der Waals surface area (Å²) in [4.78, 5) is 26.1. The molecular weight excluding hydrogens is 334 g/mol. The van der Waals surface area contributed by atoms with Gasteiger partial charge in [-0.25, -0.2) is 0 Å². The fourth-order valence-corrected chi connectivity index (χ4v) is 1.86. The number of aryl methyl sites for hydroxylation is 2. The molecule has 8 nitrogen and oxygen atoms in total. The van der Waals surface area contributed by atoms with Gasteiger partial charge in [0, 0.05) is 25.0 Å². The number of amides is 2. The Hall–Kier alpha value is -2.74. The fraction of sp³-hybridized carbons (Fsp3) is 0.444. The second kappa shape index (κ2) is 11.8. The summed E-state index contributed by atoms with van der Waals surface area (Å²) >= 11 is 0. The first-order chi connectivity index (χ1) is 12.4. The molecule has 0 aromatic carbocycles. The van der Waals surface area contributed by atoms with Gasteiger partial charge in [0.25, 0.3) is 5.91 Å². The summed E-state index contributed by atoms with van der Waals surface area (Å²) in [7, 11) is 0. The predicted octanol–water partition coefficient (Wildman–Crippen LogP) is 2.22. The van der Waals surface area contributed by atoms with Crippen LogP contribution in [0, 0.1) is 13.8 Å². The van der Waals surface area contributed by atoms with Crippen LogP contribution in [-0.4, -0.2) is 46.8 Å². The molecule has 0 aliphatic carbocycles. The van der Waals surface area contributed by atoms with Crippen molar-refractivity contribution in [2.24, 2.45) is 0 Å². The first-order valence-electron chi connectivity index (χ1n) is 8.46. The standard InChI is InChI=1S/C11H18N4O3.C7H9N/c1-8(2)18-5-3-4-12-11(17)10-9(13-7-16)6-14-15-10;1-6-3-4-7(2)8-5-6/h6-8H,3-5H2,1-2H3,(H,12,17)(H,13,16)(H,14,15);3-5H,1-2H3. The largest absolute Gasteiger partial charge is 0.379 e. The molecule has 0 radical (unpaired) electrons. The molecule has 0 saturated heterocycles. The predicted molar refractivity (Wildman–Crippen MR) is 100 cm³/mol. The highest BCUT2D eigenvalue weighted by molar-refractivity contribution is 5.99. The second-order valence-corrected chi connectivity index (χ2v) is 5.93. The normalized spacial score (nSPS) is 10.0. The second-order valence-electron chi connectivity index (χ2n) is 5.93. The summed E-state index contributed by atoms with van der Waals surface area (Å²) in [6.07, 6.45) is 4.67. The number of aromatic amines is 1. The third kappa shape index (κ3) is 8.39. The molecular formula is C18H27N5O3. The summed E-state index contributed by atoms with van der Waals surface area (Å²) in [5.74, 6) is -0.304. The van der Waals surface area contributed by atoms with Gasteiger partial charge in [-0.3, -0.25) is 19.7 Å². The first kappa shape index (κ1) is 21.3. The molecule has 0 aliphatic heterocycles. The van der Waals surface area contributed by atoms with Crippen molar-refractivity contribution >= 4 is 18.0 Å². The van der Waals surface area contributed by atoms with Crippen molar-refractivity contribution in [3.05, 3.63) is 41.5 Å². The van der Waals surface area contributed by atoms with Crippen LogP contribution in [0.5, 0.6) is 0 Å². The highest BCUT2D eigenvalue weighted by atomic mass is 16.5. The van der Waals surface area contributed by atoms with Crippen molar-refractivity contribution in [2.75, 3.05) is 18.5 Å². The van der Waals surface area contributed by atoms with E-state index in [-0.39, 0.29) is 17.7 Å². The van der Waals surface area contributed by atoms with Gasteiger partial charge in [-0.05, 0) is 45.7 Å². The van der Waals surface area contributed by atoms with E-state index in [4.69, 9.17) is 4.74 Å². The highest BCUT2D eigenvalue weighted by Gasteiger charge is 2.12. The zero-order chi connectivity index (χ0) is 19.4. The van der Waals surface area contributed by atoms with E-state index in [0.29, 0.717) is 25.2 Å². The van der Waals surface area contributed by atoms with E-state index in [0.717, 1.165) is 12.1 Å². The molecule has 2 aromatic rings. The van der Waals surface area contributed by atoms with Crippen molar-refractivity contribution in [1.29, 1.82) is 0 Å². The Kier molecular flexibility index (Phi) is 9.63. The number of hydrogen-bond acceptors (Lipinski definition) is 5. The SMILES string of the molecule is CC(C)OCCCNC(=O)c1[nH]ncc1NC=O.Cc1ccc(C)nc1. The molecule has 0 fully saturated rings. The molecule has 0 unspecified atom stereocenters. The van der Waals surface area contributed by atoms with Crippen LogP contribution < -0.4 is 10.6 Å². The first-order valence-corrected chi connectivity index (χ1v) is 8.46. The van der Waals surface area contributed by atoms with Gasteiger partial charge in [0.15, 0.2) is 0 Å². The van der Waals surface area contributed by atoms with E-state index in [1.807, 2.05) is 40.0 Å². The number of rotatable bonds is 8. The average Bonchev–Trinajstić information content (AvgIpc) is 3.06. The van der Waals surface area contributed by atoms with Crippen molar-refractivity contribution < 1.29 is 14.3 Å². The van der Waals surface area contributed by atoms with E-state index in [1.54, 1.807) is 0 Å². The summed E-state index contributed by atoms with van der Waals surface area (Å²) in [5, 5.41) is 11.3. The van der Waals surface area contributed by atoms with Crippen LogP contribution in [-0.2, 0) is 9.53 Å². The number of aromatic nitrogens is 3. The van der Waals surface area contributed by atoms with Crippen molar-refractivity contribution in [3.63, 3.8) is 0 Å². The Morgan fingerprint density at radius 3 is 2.65 bits per heavy atom. The van der Waals surface area contributed by atoms with E-state index < -0.39 is 0 Å². The topological polar surface area (TPSA) is 109 Å². The molecule has 0 atom stereocenters. The average molecular weight is 361 g/mol. The number of nitrogens with one attached hydrogen (secondary N) is 3. The number of ether oxygens (including phenoxy) is 1. The molecule has 0 aliphatic rings. The third-order valence-electron chi connectivity index (χ3n) is 3.20. The van der Waals surface area contributed by atoms with Gasteiger partial charge in [-0.2, -0.15) is 5.10 Å². The lowest BCUT2D eigenvalue weighted by molar-refractivity contribution is -0.105. The van der Waals surface area contributed by atoms with Crippen molar-refractivity contribution in [3.8, 4) is 0 Å².